The molecule has 0 bridgehead atoms. The second kappa shape index (κ2) is 6.58. The first-order valence-corrected chi connectivity index (χ1v) is 7.79. The second-order valence-corrected chi connectivity index (χ2v) is 5.67. The van der Waals surface area contributed by atoms with Gasteiger partial charge in [-0.1, -0.05) is 6.92 Å². The molecule has 0 saturated carbocycles. The molecule has 2 rings (SSSR count). The van der Waals surface area contributed by atoms with Crippen molar-refractivity contribution in [2.75, 3.05) is 7.05 Å². The SMILES string of the molecule is CCC(=O)NCc1nc(-c2nc(C(=O)NC)cs2)cs1. The summed E-state index contributed by atoms with van der Waals surface area (Å²) in [6.07, 6.45) is 0.459. The van der Waals surface area contributed by atoms with Crippen molar-refractivity contribution in [3.63, 3.8) is 0 Å². The van der Waals surface area contributed by atoms with Crippen LogP contribution in [-0.2, 0) is 11.3 Å². The van der Waals surface area contributed by atoms with Crippen molar-refractivity contribution in [1.82, 2.24) is 20.6 Å². The van der Waals surface area contributed by atoms with E-state index in [1.54, 1.807) is 19.4 Å². The van der Waals surface area contributed by atoms with Crippen molar-refractivity contribution in [3.05, 3.63) is 21.5 Å². The van der Waals surface area contributed by atoms with Crippen molar-refractivity contribution in [1.29, 1.82) is 0 Å². The van der Waals surface area contributed by atoms with Crippen LogP contribution in [-0.4, -0.2) is 28.8 Å². The Morgan fingerprint density at radius 3 is 2.75 bits per heavy atom. The summed E-state index contributed by atoms with van der Waals surface area (Å²) >= 11 is 2.83. The molecule has 2 aromatic heterocycles. The van der Waals surface area contributed by atoms with E-state index < -0.39 is 0 Å². The highest BCUT2D eigenvalue weighted by Gasteiger charge is 2.13. The molecule has 0 fully saturated rings. The molecule has 0 spiro atoms. The van der Waals surface area contributed by atoms with Crippen LogP contribution in [0.25, 0.3) is 10.7 Å². The van der Waals surface area contributed by atoms with Gasteiger partial charge in [0.2, 0.25) is 5.91 Å². The smallest absolute Gasteiger partial charge is 0.270 e. The average molecular weight is 310 g/mol. The molecule has 8 heteroatoms. The summed E-state index contributed by atoms with van der Waals surface area (Å²) in [5.41, 5.74) is 1.12. The van der Waals surface area contributed by atoms with Gasteiger partial charge in [-0.2, -0.15) is 0 Å². The Balaban J connectivity index is 2.06. The maximum atomic E-state index is 11.4. The van der Waals surface area contributed by atoms with E-state index in [0.717, 1.165) is 10.7 Å². The third kappa shape index (κ3) is 3.40. The Kier molecular flexibility index (Phi) is 4.80. The molecule has 0 unspecified atom stereocenters. The van der Waals surface area contributed by atoms with E-state index in [4.69, 9.17) is 0 Å². The largest absolute Gasteiger partial charge is 0.354 e. The molecule has 0 atom stereocenters. The first kappa shape index (κ1) is 14.6. The quantitative estimate of drug-likeness (QED) is 0.879. The minimum absolute atomic E-state index is 0.00194. The fourth-order valence-corrected chi connectivity index (χ4v) is 2.97. The van der Waals surface area contributed by atoms with E-state index >= 15 is 0 Å². The van der Waals surface area contributed by atoms with Crippen LogP contribution >= 0.6 is 22.7 Å². The zero-order valence-electron chi connectivity index (χ0n) is 11.1. The molecule has 2 N–H and O–H groups in total. The van der Waals surface area contributed by atoms with Crippen LogP contribution in [0.1, 0.15) is 28.8 Å². The van der Waals surface area contributed by atoms with Gasteiger partial charge < -0.3 is 10.6 Å². The maximum absolute atomic E-state index is 11.4. The molecule has 20 heavy (non-hydrogen) atoms. The Hall–Kier alpha value is -1.80. The lowest BCUT2D eigenvalue weighted by atomic mass is 10.4. The molecular weight excluding hydrogens is 296 g/mol. The highest BCUT2D eigenvalue weighted by molar-refractivity contribution is 7.14. The van der Waals surface area contributed by atoms with Crippen molar-refractivity contribution in [2.45, 2.75) is 19.9 Å². The summed E-state index contributed by atoms with van der Waals surface area (Å²) < 4.78 is 0. The van der Waals surface area contributed by atoms with Crippen molar-refractivity contribution in [2.24, 2.45) is 0 Å². The van der Waals surface area contributed by atoms with Crippen LogP contribution in [0.15, 0.2) is 10.8 Å². The van der Waals surface area contributed by atoms with Crippen LogP contribution in [0.5, 0.6) is 0 Å². The van der Waals surface area contributed by atoms with Crippen LogP contribution < -0.4 is 10.6 Å². The number of nitrogens with zero attached hydrogens (tertiary/aromatic N) is 2. The molecule has 6 nitrogen and oxygen atoms in total. The molecule has 0 radical (unpaired) electrons. The summed E-state index contributed by atoms with van der Waals surface area (Å²) in [6, 6.07) is 0. The Bertz CT molecular complexity index is 621. The number of amides is 2. The van der Waals surface area contributed by atoms with Gasteiger partial charge in [0.05, 0.1) is 6.54 Å². The molecule has 2 aromatic rings. The number of rotatable bonds is 5. The zero-order chi connectivity index (χ0) is 14.5. The highest BCUT2D eigenvalue weighted by Crippen LogP contribution is 2.25. The number of carbonyl (C=O) groups excluding carboxylic acids is 2. The Labute approximate surface area is 124 Å². The first-order chi connectivity index (χ1) is 9.63. The second-order valence-electron chi connectivity index (χ2n) is 3.87. The maximum Gasteiger partial charge on any atom is 0.270 e. The third-order valence-electron chi connectivity index (χ3n) is 2.49. The minimum Gasteiger partial charge on any atom is -0.354 e. The van der Waals surface area contributed by atoms with Gasteiger partial charge >= 0.3 is 0 Å². The summed E-state index contributed by atoms with van der Waals surface area (Å²) in [5, 5.41) is 10.4. The molecule has 0 saturated heterocycles. The van der Waals surface area contributed by atoms with Gasteiger partial charge in [-0.25, -0.2) is 9.97 Å². The number of hydrogen-bond acceptors (Lipinski definition) is 6. The first-order valence-electron chi connectivity index (χ1n) is 6.03. The van der Waals surface area contributed by atoms with E-state index in [0.29, 0.717) is 23.7 Å². The number of carbonyl (C=O) groups is 2. The molecule has 106 valence electrons. The topological polar surface area (TPSA) is 84.0 Å². The summed E-state index contributed by atoms with van der Waals surface area (Å²) in [5.74, 6) is -0.212. The molecule has 2 heterocycles. The van der Waals surface area contributed by atoms with Gasteiger partial charge in [-0.05, 0) is 0 Å². The van der Waals surface area contributed by atoms with Gasteiger partial charge in [0.15, 0.2) is 0 Å². The fourth-order valence-electron chi connectivity index (χ4n) is 1.41. The number of aromatic nitrogens is 2. The van der Waals surface area contributed by atoms with E-state index in [-0.39, 0.29) is 11.8 Å². The third-order valence-corrected chi connectivity index (χ3v) is 4.21. The van der Waals surface area contributed by atoms with E-state index in [2.05, 4.69) is 20.6 Å². The monoisotopic (exact) mass is 310 g/mol. The molecule has 0 aliphatic carbocycles. The van der Waals surface area contributed by atoms with E-state index in [1.807, 2.05) is 5.38 Å². The zero-order valence-corrected chi connectivity index (χ0v) is 12.7. The lowest BCUT2D eigenvalue weighted by Crippen LogP contribution is -2.21. The number of thiazole rings is 2. The van der Waals surface area contributed by atoms with Gasteiger partial charge in [-0.3, -0.25) is 9.59 Å². The Morgan fingerprint density at radius 1 is 1.25 bits per heavy atom. The standard InChI is InChI=1S/C12H14N4O2S2/c1-3-9(17)14-4-10-15-8(6-19-10)12-16-7(5-20-12)11(18)13-2/h5-6H,3-4H2,1-2H3,(H,13,18)(H,14,17). The molecule has 0 aromatic carbocycles. The van der Waals surface area contributed by atoms with Crippen LogP contribution in [0.4, 0.5) is 0 Å². The molecular formula is C12H14N4O2S2. The predicted molar refractivity (Wildman–Crippen MR) is 78.7 cm³/mol. The normalized spacial score (nSPS) is 10.3. The molecule has 0 aliphatic rings. The molecule has 2 amide bonds. The average Bonchev–Trinajstić information content (AvgIpc) is 3.12. The van der Waals surface area contributed by atoms with E-state index in [9.17, 15) is 9.59 Å². The highest BCUT2D eigenvalue weighted by atomic mass is 32.1. The van der Waals surface area contributed by atoms with Crippen LogP contribution in [0.3, 0.4) is 0 Å². The van der Waals surface area contributed by atoms with Gasteiger partial charge in [0, 0.05) is 24.2 Å². The minimum atomic E-state index is -0.210. The van der Waals surface area contributed by atoms with Gasteiger partial charge in [0.1, 0.15) is 21.4 Å². The van der Waals surface area contributed by atoms with Crippen molar-refractivity contribution in [3.8, 4) is 10.7 Å². The summed E-state index contributed by atoms with van der Waals surface area (Å²) in [4.78, 5) is 31.3. The van der Waals surface area contributed by atoms with Gasteiger partial charge in [0.25, 0.3) is 5.91 Å². The summed E-state index contributed by atoms with van der Waals surface area (Å²) in [7, 11) is 1.57. The number of nitrogens with one attached hydrogen (secondary N) is 2. The van der Waals surface area contributed by atoms with Crippen molar-refractivity contribution < 1.29 is 9.59 Å². The lowest BCUT2D eigenvalue weighted by Gasteiger charge is -1.98. The van der Waals surface area contributed by atoms with Crippen LogP contribution in [0, 0.1) is 0 Å². The van der Waals surface area contributed by atoms with Gasteiger partial charge in [-0.15, -0.1) is 22.7 Å². The lowest BCUT2D eigenvalue weighted by molar-refractivity contribution is -0.120. The number of hydrogen-bond donors (Lipinski definition) is 2. The van der Waals surface area contributed by atoms with Crippen LogP contribution in [0.2, 0.25) is 0 Å². The van der Waals surface area contributed by atoms with E-state index in [1.165, 1.54) is 22.7 Å². The summed E-state index contributed by atoms with van der Waals surface area (Å²) in [6.45, 7) is 2.23. The molecule has 0 aliphatic heterocycles. The fraction of sp³-hybridized carbons (Fsp3) is 0.333. The van der Waals surface area contributed by atoms with Crippen molar-refractivity contribution >= 4 is 34.5 Å². The predicted octanol–water partition coefficient (Wildman–Crippen LogP) is 1.65. The Morgan fingerprint density at radius 2 is 2.05 bits per heavy atom.